The van der Waals surface area contributed by atoms with Crippen molar-refractivity contribution in [3.8, 4) is 0 Å². The van der Waals surface area contributed by atoms with Crippen molar-refractivity contribution in [1.29, 1.82) is 0 Å². The SMILES string of the molecule is CCCS(=O)(=O)N[C@@H](Cc1ccccc1)c1nnc(SC)o1. The van der Waals surface area contributed by atoms with E-state index in [4.69, 9.17) is 4.42 Å². The van der Waals surface area contributed by atoms with Crippen LogP contribution in [-0.2, 0) is 16.4 Å². The van der Waals surface area contributed by atoms with E-state index in [1.807, 2.05) is 43.5 Å². The van der Waals surface area contributed by atoms with E-state index in [-0.39, 0.29) is 11.6 Å². The summed E-state index contributed by atoms with van der Waals surface area (Å²) in [6, 6.07) is 9.05. The van der Waals surface area contributed by atoms with E-state index in [1.165, 1.54) is 11.8 Å². The van der Waals surface area contributed by atoms with Gasteiger partial charge < -0.3 is 4.42 Å². The molecule has 1 atom stereocenters. The maximum atomic E-state index is 12.1. The summed E-state index contributed by atoms with van der Waals surface area (Å²) in [5.74, 6) is 0.356. The van der Waals surface area contributed by atoms with Crippen LogP contribution in [-0.4, -0.2) is 30.6 Å². The summed E-state index contributed by atoms with van der Waals surface area (Å²) >= 11 is 1.32. The van der Waals surface area contributed by atoms with Crippen molar-refractivity contribution in [2.45, 2.75) is 31.0 Å². The molecule has 0 unspecified atom stereocenters. The minimum absolute atomic E-state index is 0.0712. The molecule has 1 aromatic heterocycles. The van der Waals surface area contributed by atoms with E-state index in [9.17, 15) is 8.42 Å². The fourth-order valence-corrected chi connectivity index (χ4v) is 3.58. The van der Waals surface area contributed by atoms with Gasteiger partial charge in [0, 0.05) is 0 Å². The van der Waals surface area contributed by atoms with Crippen molar-refractivity contribution in [3.05, 3.63) is 41.8 Å². The normalized spacial score (nSPS) is 13.2. The molecule has 0 saturated heterocycles. The van der Waals surface area contributed by atoms with Gasteiger partial charge in [0.05, 0.1) is 5.75 Å². The maximum Gasteiger partial charge on any atom is 0.276 e. The Morgan fingerprint density at radius 3 is 2.59 bits per heavy atom. The number of sulfonamides is 1. The highest BCUT2D eigenvalue weighted by atomic mass is 32.2. The zero-order valence-electron chi connectivity index (χ0n) is 12.5. The Labute approximate surface area is 134 Å². The third kappa shape index (κ3) is 4.82. The van der Waals surface area contributed by atoms with Gasteiger partial charge in [0.25, 0.3) is 5.22 Å². The Kier molecular flexibility index (Phi) is 5.98. The molecule has 1 N–H and O–H groups in total. The van der Waals surface area contributed by atoms with Crippen LogP contribution in [0.2, 0.25) is 0 Å². The first-order valence-electron chi connectivity index (χ1n) is 6.95. The lowest BCUT2D eigenvalue weighted by Crippen LogP contribution is -2.32. The Balaban J connectivity index is 2.24. The molecule has 0 aliphatic heterocycles. The fraction of sp³-hybridized carbons (Fsp3) is 0.429. The summed E-state index contributed by atoms with van der Waals surface area (Å²) < 4.78 is 32.3. The highest BCUT2D eigenvalue weighted by molar-refractivity contribution is 7.98. The minimum atomic E-state index is -3.38. The number of benzene rings is 1. The van der Waals surface area contributed by atoms with Crippen LogP contribution in [0.15, 0.2) is 40.0 Å². The van der Waals surface area contributed by atoms with Gasteiger partial charge in [-0.1, -0.05) is 49.0 Å². The van der Waals surface area contributed by atoms with Crippen molar-refractivity contribution in [1.82, 2.24) is 14.9 Å². The number of aromatic nitrogens is 2. The van der Waals surface area contributed by atoms with E-state index in [0.717, 1.165) is 5.56 Å². The van der Waals surface area contributed by atoms with Gasteiger partial charge in [-0.05, 0) is 24.7 Å². The summed E-state index contributed by atoms with van der Waals surface area (Å²) in [5.41, 5.74) is 0.996. The second-order valence-electron chi connectivity index (χ2n) is 4.79. The van der Waals surface area contributed by atoms with Crippen LogP contribution in [0.5, 0.6) is 0 Å². The molecule has 0 bridgehead atoms. The van der Waals surface area contributed by atoms with Crippen LogP contribution in [0, 0.1) is 0 Å². The lowest BCUT2D eigenvalue weighted by Gasteiger charge is -2.15. The predicted molar refractivity (Wildman–Crippen MR) is 86.2 cm³/mol. The predicted octanol–water partition coefficient (Wildman–Crippen LogP) is 2.40. The second-order valence-corrected chi connectivity index (χ2v) is 7.42. The van der Waals surface area contributed by atoms with Gasteiger partial charge >= 0.3 is 0 Å². The molecule has 0 fully saturated rings. The lowest BCUT2D eigenvalue weighted by atomic mass is 10.1. The van der Waals surface area contributed by atoms with Gasteiger partial charge in [0.1, 0.15) is 6.04 Å². The van der Waals surface area contributed by atoms with E-state index >= 15 is 0 Å². The van der Waals surface area contributed by atoms with E-state index in [1.54, 1.807) is 0 Å². The molecule has 0 spiro atoms. The van der Waals surface area contributed by atoms with Crippen LogP contribution in [0.1, 0.15) is 30.8 Å². The van der Waals surface area contributed by atoms with Crippen LogP contribution >= 0.6 is 11.8 Å². The topological polar surface area (TPSA) is 85.1 Å². The van der Waals surface area contributed by atoms with Crippen molar-refractivity contribution in [3.63, 3.8) is 0 Å². The largest absolute Gasteiger partial charge is 0.414 e. The zero-order valence-corrected chi connectivity index (χ0v) is 14.2. The van der Waals surface area contributed by atoms with Crippen LogP contribution in [0.25, 0.3) is 0 Å². The van der Waals surface area contributed by atoms with Crippen molar-refractivity contribution in [2.75, 3.05) is 12.0 Å². The number of nitrogens with zero attached hydrogens (tertiary/aromatic N) is 2. The Bertz CT molecular complexity index is 686. The Morgan fingerprint density at radius 1 is 1.27 bits per heavy atom. The average Bonchev–Trinajstić information content (AvgIpc) is 2.96. The molecule has 1 aromatic carbocycles. The minimum Gasteiger partial charge on any atom is -0.414 e. The summed E-state index contributed by atoms with van der Waals surface area (Å²) in [6.07, 6.45) is 2.83. The fourth-order valence-electron chi connectivity index (χ4n) is 2.02. The molecule has 2 rings (SSSR count). The molecular weight excluding hydrogens is 322 g/mol. The molecule has 2 aromatic rings. The summed E-state index contributed by atoms with van der Waals surface area (Å²) in [4.78, 5) is 0. The number of hydrogen-bond acceptors (Lipinski definition) is 6. The molecule has 6 nitrogen and oxygen atoms in total. The smallest absolute Gasteiger partial charge is 0.276 e. The second kappa shape index (κ2) is 7.75. The standard InChI is InChI=1S/C14H19N3O3S2/c1-3-9-22(18,19)17-12(10-11-7-5-4-6-8-11)13-15-16-14(20-13)21-2/h4-8,12,17H,3,9-10H2,1-2H3/t12-/m0/s1. The van der Waals surface area contributed by atoms with Gasteiger partial charge in [-0.25, -0.2) is 13.1 Å². The van der Waals surface area contributed by atoms with Crippen LogP contribution in [0.3, 0.4) is 0 Å². The molecular formula is C14H19N3O3S2. The third-order valence-electron chi connectivity index (χ3n) is 2.97. The van der Waals surface area contributed by atoms with Crippen LogP contribution in [0.4, 0.5) is 0 Å². The van der Waals surface area contributed by atoms with Gasteiger partial charge in [0.2, 0.25) is 15.9 Å². The van der Waals surface area contributed by atoms with Crippen molar-refractivity contribution >= 4 is 21.8 Å². The quantitative estimate of drug-likeness (QED) is 0.742. The third-order valence-corrected chi connectivity index (χ3v) is 5.08. The van der Waals surface area contributed by atoms with E-state index in [0.29, 0.717) is 18.1 Å². The molecule has 0 amide bonds. The van der Waals surface area contributed by atoms with Crippen molar-refractivity contribution in [2.24, 2.45) is 0 Å². The molecule has 1 heterocycles. The highest BCUT2D eigenvalue weighted by Crippen LogP contribution is 2.21. The van der Waals surface area contributed by atoms with Gasteiger partial charge in [0.15, 0.2) is 0 Å². The van der Waals surface area contributed by atoms with Gasteiger partial charge in [-0.3, -0.25) is 0 Å². The number of nitrogens with one attached hydrogen (secondary N) is 1. The molecule has 0 radical (unpaired) electrons. The molecule has 0 saturated carbocycles. The molecule has 0 aliphatic carbocycles. The highest BCUT2D eigenvalue weighted by Gasteiger charge is 2.24. The monoisotopic (exact) mass is 341 g/mol. The Morgan fingerprint density at radius 2 is 2.00 bits per heavy atom. The molecule has 8 heteroatoms. The molecule has 22 heavy (non-hydrogen) atoms. The lowest BCUT2D eigenvalue weighted by molar-refractivity contribution is 0.374. The number of rotatable bonds is 8. The summed E-state index contributed by atoms with van der Waals surface area (Å²) in [7, 11) is -3.38. The van der Waals surface area contributed by atoms with E-state index in [2.05, 4.69) is 14.9 Å². The van der Waals surface area contributed by atoms with Gasteiger partial charge in [-0.15, -0.1) is 10.2 Å². The maximum absolute atomic E-state index is 12.1. The molecule has 0 aliphatic rings. The average molecular weight is 341 g/mol. The first kappa shape index (κ1) is 17.0. The summed E-state index contributed by atoms with van der Waals surface area (Å²) in [5, 5.41) is 8.27. The Hall–Kier alpha value is -1.38. The number of hydrogen-bond donors (Lipinski definition) is 1. The number of thioether (sulfide) groups is 1. The van der Waals surface area contributed by atoms with Crippen LogP contribution < -0.4 is 4.72 Å². The molecule has 120 valence electrons. The first-order valence-corrected chi connectivity index (χ1v) is 9.83. The first-order chi connectivity index (χ1) is 10.5. The van der Waals surface area contributed by atoms with Crippen molar-refractivity contribution < 1.29 is 12.8 Å². The van der Waals surface area contributed by atoms with E-state index < -0.39 is 16.1 Å². The zero-order chi connectivity index (χ0) is 16.0. The van der Waals surface area contributed by atoms with Gasteiger partial charge in [-0.2, -0.15) is 0 Å². The summed E-state index contributed by atoms with van der Waals surface area (Å²) in [6.45, 7) is 1.82.